The highest BCUT2D eigenvalue weighted by Gasteiger charge is 2.17. The highest BCUT2D eigenvalue weighted by atomic mass is 35.5. The number of hydrogen-bond donors (Lipinski definition) is 1. The average molecular weight is 410 g/mol. The molecular weight excluding hydrogens is 390 g/mol. The number of carbonyl (C=O) groups is 2. The maximum absolute atomic E-state index is 12.2. The zero-order valence-corrected chi connectivity index (χ0v) is 17.0. The van der Waals surface area contributed by atoms with Crippen LogP contribution in [-0.2, 0) is 4.74 Å². The third-order valence-corrected chi connectivity index (χ3v) is 4.84. The van der Waals surface area contributed by atoms with Crippen LogP contribution >= 0.6 is 11.6 Å². The maximum Gasteiger partial charge on any atom is 0.339 e. The Hall–Kier alpha value is -3.38. The lowest BCUT2D eigenvalue weighted by Crippen LogP contribution is -2.18. The number of amides is 1. The van der Waals surface area contributed by atoms with Crippen LogP contribution in [-0.4, -0.2) is 29.8 Å². The summed E-state index contributed by atoms with van der Waals surface area (Å²) >= 11 is 6.03. The van der Waals surface area contributed by atoms with Gasteiger partial charge < -0.3 is 9.30 Å². The SMILES string of the molecule is COC(=O)c1ccccc1-n1c(C)cc(/C=N\NC(=O)c2ccccc2Cl)c1C. The number of halogens is 1. The first-order chi connectivity index (χ1) is 13.9. The van der Waals surface area contributed by atoms with Crippen LogP contribution in [0.5, 0.6) is 0 Å². The van der Waals surface area contributed by atoms with E-state index in [1.807, 2.05) is 36.6 Å². The first-order valence-corrected chi connectivity index (χ1v) is 9.26. The lowest BCUT2D eigenvalue weighted by atomic mass is 10.1. The van der Waals surface area contributed by atoms with E-state index in [0.29, 0.717) is 21.8 Å². The van der Waals surface area contributed by atoms with Crippen molar-refractivity contribution in [2.45, 2.75) is 13.8 Å². The van der Waals surface area contributed by atoms with Gasteiger partial charge >= 0.3 is 5.97 Å². The largest absolute Gasteiger partial charge is 0.465 e. The molecule has 0 fully saturated rings. The number of nitrogens with one attached hydrogen (secondary N) is 1. The van der Waals surface area contributed by atoms with Gasteiger partial charge in [-0.2, -0.15) is 5.10 Å². The molecule has 0 atom stereocenters. The van der Waals surface area contributed by atoms with Crippen molar-refractivity contribution in [3.05, 3.63) is 87.7 Å². The molecule has 7 heteroatoms. The average Bonchev–Trinajstić information content (AvgIpc) is 3.00. The van der Waals surface area contributed by atoms with Crippen LogP contribution in [0.25, 0.3) is 5.69 Å². The molecule has 29 heavy (non-hydrogen) atoms. The minimum Gasteiger partial charge on any atom is -0.465 e. The maximum atomic E-state index is 12.2. The second-order valence-corrected chi connectivity index (χ2v) is 6.76. The predicted octanol–water partition coefficient (Wildman–Crippen LogP) is 4.30. The van der Waals surface area contributed by atoms with Gasteiger partial charge in [0.05, 0.1) is 35.2 Å². The minimum atomic E-state index is -0.407. The number of aryl methyl sites for hydroxylation is 1. The number of hydrogen-bond acceptors (Lipinski definition) is 4. The molecule has 0 unspecified atom stereocenters. The summed E-state index contributed by atoms with van der Waals surface area (Å²) in [5.41, 5.74) is 6.61. The van der Waals surface area contributed by atoms with E-state index in [9.17, 15) is 9.59 Å². The van der Waals surface area contributed by atoms with Crippen molar-refractivity contribution in [3.8, 4) is 5.69 Å². The van der Waals surface area contributed by atoms with Crippen molar-refractivity contribution in [2.24, 2.45) is 5.10 Å². The lowest BCUT2D eigenvalue weighted by molar-refractivity contribution is 0.0600. The zero-order valence-electron chi connectivity index (χ0n) is 16.3. The molecule has 0 bridgehead atoms. The molecule has 148 valence electrons. The van der Waals surface area contributed by atoms with Crippen LogP contribution in [0.15, 0.2) is 59.7 Å². The summed E-state index contributed by atoms with van der Waals surface area (Å²) in [6.45, 7) is 3.85. The molecule has 0 aliphatic rings. The van der Waals surface area contributed by atoms with E-state index in [2.05, 4.69) is 10.5 Å². The van der Waals surface area contributed by atoms with Crippen LogP contribution in [0, 0.1) is 13.8 Å². The second-order valence-electron chi connectivity index (χ2n) is 6.35. The van der Waals surface area contributed by atoms with Crippen LogP contribution in [0.1, 0.15) is 37.7 Å². The fourth-order valence-corrected chi connectivity index (χ4v) is 3.33. The first-order valence-electron chi connectivity index (χ1n) is 8.88. The van der Waals surface area contributed by atoms with Gasteiger partial charge in [-0.15, -0.1) is 0 Å². The highest BCUT2D eigenvalue weighted by Crippen LogP contribution is 2.23. The number of carbonyl (C=O) groups excluding carboxylic acids is 2. The van der Waals surface area contributed by atoms with Gasteiger partial charge in [-0.25, -0.2) is 10.2 Å². The molecule has 1 amide bonds. The molecule has 2 aromatic carbocycles. The smallest absolute Gasteiger partial charge is 0.339 e. The standard InChI is InChI=1S/C22H20ClN3O3/c1-14-12-16(13-24-25-21(27)17-8-4-6-10-19(17)23)15(2)26(14)20-11-7-5-9-18(20)22(28)29-3/h4-13H,1-3H3,(H,25,27)/b24-13-. The van der Waals surface area contributed by atoms with Crippen molar-refractivity contribution < 1.29 is 14.3 Å². The van der Waals surface area contributed by atoms with Crippen LogP contribution in [0.2, 0.25) is 5.02 Å². The molecule has 0 spiro atoms. The zero-order chi connectivity index (χ0) is 21.0. The van der Waals surface area contributed by atoms with Gasteiger partial charge in [0.25, 0.3) is 5.91 Å². The Balaban J connectivity index is 1.88. The molecule has 1 N–H and O–H groups in total. The van der Waals surface area contributed by atoms with Gasteiger partial charge in [0.15, 0.2) is 0 Å². The van der Waals surface area contributed by atoms with E-state index in [1.54, 1.807) is 42.6 Å². The summed E-state index contributed by atoms with van der Waals surface area (Å²) in [5, 5.41) is 4.41. The number of aromatic nitrogens is 1. The number of esters is 1. The fraction of sp³-hybridized carbons (Fsp3) is 0.136. The minimum absolute atomic E-state index is 0.351. The van der Waals surface area contributed by atoms with E-state index in [-0.39, 0.29) is 0 Å². The van der Waals surface area contributed by atoms with Crippen molar-refractivity contribution in [1.82, 2.24) is 9.99 Å². The summed E-state index contributed by atoms with van der Waals surface area (Å²) in [5.74, 6) is -0.799. The summed E-state index contributed by atoms with van der Waals surface area (Å²) in [6.07, 6.45) is 1.56. The third kappa shape index (κ3) is 4.22. The number of benzene rings is 2. The van der Waals surface area contributed by atoms with Crippen LogP contribution in [0.4, 0.5) is 0 Å². The van der Waals surface area contributed by atoms with E-state index in [4.69, 9.17) is 16.3 Å². The lowest BCUT2D eigenvalue weighted by Gasteiger charge is -2.13. The fourth-order valence-electron chi connectivity index (χ4n) is 3.11. The van der Waals surface area contributed by atoms with Gasteiger partial charge in [-0.3, -0.25) is 4.79 Å². The van der Waals surface area contributed by atoms with Crippen molar-refractivity contribution in [2.75, 3.05) is 7.11 Å². The molecule has 0 saturated carbocycles. The summed E-state index contributed by atoms with van der Waals surface area (Å²) in [4.78, 5) is 24.3. The Morgan fingerprint density at radius 2 is 1.72 bits per heavy atom. The van der Waals surface area contributed by atoms with E-state index < -0.39 is 11.9 Å². The number of rotatable bonds is 5. The van der Waals surface area contributed by atoms with Gasteiger partial charge in [-0.1, -0.05) is 35.9 Å². The number of nitrogens with zero attached hydrogens (tertiary/aromatic N) is 2. The molecule has 0 radical (unpaired) electrons. The number of hydrazone groups is 1. The second kappa shape index (κ2) is 8.75. The molecular formula is C22H20ClN3O3. The third-order valence-electron chi connectivity index (χ3n) is 4.51. The van der Waals surface area contributed by atoms with Crippen molar-refractivity contribution >= 4 is 29.7 Å². The molecule has 3 rings (SSSR count). The van der Waals surface area contributed by atoms with E-state index in [1.165, 1.54) is 7.11 Å². The van der Waals surface area contributed by atoms with Gasteiger partial charge in [0.1, 0.15) is 0 Å². The molecule has 3 aromatic rings. The molecule has 0 saturated heterocycles. The van der Waals surface area contributed by atoms with Crippen LogP contribution in [0.3, 0.4) is 0 Å². The normalized spacial score (nSPS) is 10.9. The van der Waals surface area contributed by atoms with E-state index in [0.717, 1.165) is 17.0 Å². The summed E-state index contributed by atoms with van der Waals surface area (Å²) in [6, 6.07) is 15.9. The Labute approximate surface area is 173 Å². The predicted molar refractivity (Wildman–Crippen MR) is 113 cm³/mol. The van der Waals surface area contributed by atoms with E-state index >= 15 is 0 Å². The monoisotopic (exact) mass is 409 g/mol. The quantitative estimate of drug-likeness (QED) is 0.388. The molecule has 0 aliphatic heterocycles. The number of para-hydroxylation sites is 1. The molecule has 6 nitrogen and oxygen atoms in total. The molecule has 1 aromatic heterocycles. The van der Waals surface area contributed by atoms with Gasteiger partial charge in [0.2, 0.25) is 0 Å². The topological polar surface area (TPSA) is 72.7 Å². The van der Waals surface area contributed by atoms with Crippen LogP contribution < -0.4 is 5.43 Å². The van der Waals surface area contributed by atoms with Gasteiger partial charge in [-0.05, 0) is 44.2 Å². The Morgan fingerprint density at radius 1 is 1.07 bits per heavy atom. The number of methoxy groups -OCH3 is 1. The Bertz CT molecular complexity index is 1100. The van der Waals surface area contributed by atoms with Crippen molar-refractivity contribution in [1.29, 1.82) is 0 Å². The summed E-state index contributed by atoms with van der Waals surface area (Å²) < 4.78 is 6.84. The number of ether oxygens (including phenoxy) is 1. The molecule has 1 heterocycles. The van der Waals surface area contributed by atoms with Crippen molar-refractivity contribution in [3.63, 3.8) is 0 Å². The summed E-state index contributed by atoms with van der Waals surface area (Å²) in [7, 11) is 1.36. The Morgan fingerprint density at radius 3 is 2.41 bits per heavy atom. The van der Waals surface area contributed by atoms with Gasteiger partial charge in [0, 0.05) is 17.0 Å². The molecule has 0 aliphatic carbocycles. The highest BCUT2D eigenvalue weighted by molar-refractivity contribution is 6.33. The Kier molecular flexibility index (Phi) is 6.14. The first kappa shape index (κ1) is 20.4.